The highest BCUT2D eigenvalue weighted by Gasteiger charge is 2.16. The van der Waals surface area contributed by atoms with Crippen molar-refractivity contribution in [2.24, 2.45) is 12.8 Å². The Hall–Kier alpha value is -3.31. The van der Waals surface area contributed by atoms with Crippen LogP contribution in [0.15, 0.2) is 79.4 Å². The maximum Gasteiger partial charge on any atom is 0.126 e. The van der Waals surface area contributed by atoms with Gasteiger partial charge in [0.15, 0.2) is 0 Å². The second kappa shape index (κ2) is 7.51. The molecule has 0 aliphatic heterocycles. The molecular formula is C22H21N5. The van der Waals surface area contributed by atoms with Crippen molar-refractivity contribution in [3.8, 4) is 22.4 Å². The summed E-state index contributed by atoms with van der Waals surface area (Å²) in [6.07, 6.45) is 7.98. The maximum absolute atomic E-state index is 6.39. The monoisotopic (exact) mass is 355 g/mol. The van der Waals surface area contributed by atoms with Gasteiger partial charge in [0.05, 0.1) is 17.9 Å². The van der Waals surface area contributed by atoms with E-state index in [1.54, 1.807) is 12.4 Å². The van der Waals surface area contributed by atoms with Crippen LogP contribution < -0.4 is 5.73 Å². The van der Waals surface area contributed by atoms with Gasteiger partial charge in [0.2, 0.25) is 0 Å². The fraction of sp³-hybridized carbons (Fsp3) is 0.136. The first-order chi connectivity index (χ1) is 13.2. The minimum absolute atomic E-state index is 0.201. The van der Waals surface area contributed by atoms with Gasteiger partial charge in [-0.15, -0.1) is 0 Å². The molecule has 134 valence electrons. The molecule has 4 aromatic rings. The predicted molar refractivity (Wildman–Crippen MR) is 107 cm³/mol. The molecule has 0 aliphatic rings. The number of benzene rings is 1. The first-order valence-corrected chi connectivity index (χ1v) is 8.90. The van der Waals surface area contributed by atoms with E-state index in [0.29, 0.717) is 6.42 Å². The summed E-state index contributed by atoms with van der Waals surface area (Å²) < 4.78 is 2.06. The Morgan fingerprint density at radius 3 is 2.37 bits per heavy atom. The van der Waals surface area contributed by atoms with Crippen LogP contribution in [0.3, 0.4) is 0 Å². The number of nitrogens with two attached hydrogens (primary N) is 1. The molecule has 27 heavy (non-hydrogen) atoms. The average Bonchev–Trinajstić information content (AvgIpc) is 3.11. The number of nitrogens with zero attached hydrogens (tertiary/aromatic N) is 4. The molecule has 3 heterocycles. The highest BCUT2D eigenvalue weighted by Crippen LogP contribution is 2.26. The number of aromatic nitrogens is 4. The first kappa shape index (κ1) is 17.1. The summed E-state index contributed by atoms with van der Waals surface area (Å²) in [5.41, 5.74) is 11.7. The lowest BCUT2D eigenvalue weighted by atomic mass is 10.0. The van der Waals surface area contributed by atoms with Gasteiger partial charge in [0.1, 0.15) is 5.82 Å². The van der Waals surface area contributed by atoms with Crippen LogP contribution in [0, 0.1) is 0 Å². The molecule has 0 bridgehead atoms. The van der Waals surface area contributed by atoms with Crippen LogP contribution in [0.25, 0.3) is 22.4 Å². The van der Waals surface area contributed by atoms with Gasteiger partial charge >= 0.3 is 0 Å². The van der Waals surface area contributed by atoms with Crippen molar-refractivity contribution in [2.45, 2.75) is 12.5 Å². The Balaban J connectivity index is 1.57. The summed E-state index contributed by atoms with van der Waals surface area (Å²) in [6, 6.07) is 18.1. The predicted octanol–water partition coefficient (Wildman–Crippen LogP) is 3.79. The smallest absolute Gasteiger partial charge is 0.126 e. The van der Waals surface area contributed by atoms with E-state index in [4.69, 9.17) is 5.73 Å². The van der Waals surface area contributed by atoms with Crippen molar-refractivity contribution in [1.82, 2.24) is 19.5 Å². The molecule has 0 saturated heterocycles. The molecule has 0 amide bonds. The molecular weight excluding hydrogens is 334 g/mol. The highest BCUT2D eigenvalue weighted by molar-refractivity contribution is 5.68. The summed E-state index contributed by atoms with van der Waals surface area (Å²) in [7, 11) is 2.00. The van der Waals surface area contributed by atoms with Crippen molar-refractivity contribution in [3.05, 3.63) is 90.9 Å². The summed E-state index contributed by atoms with van der Waals surface area (Å²) in [5.74, 6) is 0.854. The maximum atomic E-state index is 6.39. The van der Waals surface area contributed by atoms with E-state index in [0.717, 1.165) is 33.9 Å². The Morgan fingerprint density at radius 1 is 0.852 bits per heavy atom. The molecule has 5 nitrogen and oxygen atoms in total. The van der Waals surface area contributed by atoms with Crippen LogP contribution in [-0.4, -0.2) is 19.5 Å². The fourth-order valence-corrected chi connectivity index (χ4v) is 3.24. The SMILES string of the molecule is Cn1c(-c2ccc(-c3cccnc3)cc2)cnc1[C@@H](N)Cc1ccccn1. The molecule has 2 N–H and O–H groups in total. The molecule has 0 fully saturated rings. The van der Waals surface area contributed by atoms with Crippen LogP contribution in [-0.2, 0) is 13.5 Å². The molecule has 0 spiro atoms. The Morgan fingerprint density at radius 2 is 1.67 bits per heavy atom. The molecule has 3 aromatic heterocycles. The van der Waals surface area contributed by atoms with Crippen molar-refractivity contribution < 1.29 is 0 Å². The fourth-order valence-electron chi connectivity index (χ4n) is 3.24. The molecule has 4 rings (SSSR count). The van der Waals surface area contributed by atoms with Crippen LogP contribution in [0.5, 0.6) is 0 Å². The lowest BCUT2D eigenvalue weighted by Crippen LogP contribution is -2.18. The third-order valence-electron chi connectivity index (χ3n) is 4.69. The van der Waals surface area contributed by atoms with Gasteiger partial charge in [0.25, 0.3) is 0 Å². The van der Waals surface area contributed by atoms with E-state index < -0.39 is 0 Å². The van der Waals surface area contributed by atoms with E-state index in [9.17, 15) is 0 Å². The van der Waals surface area contributed by atoms with Crippen molar-refractivity contribution >= 4 is 0 Å². The van der Waals surface area contributed by atoms with Gasteiger partial charge in [-0.3, -0.25) is 9.97 Å². The van der Waals surface area contributed by atoms with Crippen molar-refractivity contribution in [1.29, 1.82) is 0 Å². The number of rotatable bonds is 5. The summed E-state index contributed by atoms with van der Waals surface area (Å²) in [6.45, 7) is 0. The van der Waals surface area contributed by atoms with E-state index in [1.807, 2.05) is 43.7 Å². The van der Waals surface area contributed by atoms with E-state index >= 15 is 0 Å². The molecule has 1 aromatic carbocycles. The molecule has 0 aliphatic carbocycles. The summed E-state index contributed by atoms with van der Waals surface area (Å²) >= 11 is 0. The zero-order chi connectivity index (χ0) is 18.6. The molecule has 1 atom stereocenters. The highest BCUT2D eigenvalue weighted by atomic mass is 15.1. The Labute approximate surface area is 158 Å². The van der Waals surface area contributed by atoms with Gasteiger partial charge < -0.3 is 10.3 Å². The molecule has 0 saturated carbocycles. The average molecular weight is 355 g/mol. The number of hydrogen-bond donors (Lipinski definition) is 1. The van der Waals surface area contributed by atoms with Crippen LogP contribution in [0.2, 0.25) is 0 Å². The Kier molecular flexibility index (Phi) is 4.77. The third kappa shape index (κ3) is 3.64. The van der Waals surface area contributed by atoms with Crippen LogP contribution >= 0.6 is 0 Å². The lowest BCUT2D eigenvalue weighted by Gasteiger charge is -2.13. The first-order valence-electron chi connectivity index (χ1n) is 8.90. The zero-order valence-electron chi connectivity index (χ0n) is 15.2. The van der Waals surface area contributed by atoms with Gasteiger partial charge in [-0.1, -0.05) is 36.4 Å². The van der Waals surface area contributed by atoms with Crippen LogP contribution in [0.4, 0.5) is 0 Å². The van der Waals surface area contributed by atoms with E-state index in [2.05, 4.69) is 49.9 Å². The van der Waals surface area contributed by atoms with Crippen LogP contribution in [0.1, 0.15) is 17.6 Å². The van der Waals surface area contributed by atoms with Crippen molar-refractivity contribution in [3.63, 3.8) is 0 Å². The van der Waals surface area contributed by atoms with Gasteiger partial charge in [-0.05, 0) is 34.9 Å². The minimum atomic E-state index is -0.201. The number of hydrogen-bond acceptors (Lipinski definition) is 4. The standard InChI is InChI=1S/C22H21N5/c1-27-21(15-26-22(27)20(23)13-19-6-2-3-12-25-19)17-9-7-16(8-10-17)18-5-4-11-24-14-18/h2-12,14-15,20H,13,23H2,1H3/t20-/m0/s1. The molecule has 5 heteroatoms. The van der Waals surface area contributed by atoms with Gasteiger partial charge in [-0.2, -0.15) is 0 Å². The Bertz CT molecular complexity index is 1010. The van der Waals surface area contributed by atoms with E-state index in [1.165, 1.54) is 0 Å². The topological polar surface area (TPSA) is 69.6 Å². The zero-order valence-corrected chi connectivity index (χ0v) is 15.2. The van der Waals surface area contributed by atoms with Crippen molar-refractivity contribution in [2.75, 3.05) is 0 Å². The normalized spacial score (nSPS) is 12.1. The number of imidazole rings is 1. The van der Waals surface area contributed by atoms with E-state index in [-0.39, 0.29) is 6.04 Å². The quantitative estimate of drug-likeness (QED) is 0.591. The molecule has 0 radical (unpaired) electrons. The van der Waals surface area contributed by atoms with Gasteiger partial charge in [0, 0.05) is 37.8 Å². The minimum Gasteiger partial charge on any atom is -0.330 e. The van der Waals surface area contributed by atoms with Gasteiger partial charge in [-0.25, -0.2) is 4.98 Å². The largest absolute Gasteiger partial charge is 0.330 e. The summed E-state index contributed by atoms with van der Waals surface area (Å²) in [4.78, 5) is 13.1. The lowest BCUT2D eigenvalue weighted by molar-refractivity contribution is 0.626. The third-order valence-corrected chi connectivity index (χ3v) is 4.69. The summed E-state index contributed by atoms with van der Waals surface area (Å²) in [5, 5.41) is 0. The second-order valence-electron chi connectivity index (χ2n) is 6.51. The molecule has 0 unspecified atom stereocenters. The second-order valence-corrected chi connectivity index (χ2v) is 6.51. The number of pyridine rings is 2.